The highest BCUT2D eigenvalue weighted by atomic mass is 14.8. The van der Waals surface area contributed by atoms with Crippen LogP contribution in [0, 0.1) is 6.07 Å². The van der Waals surface area contributed by atoms with Crippen molar-refractivity contribution in [3.8, 4) is 0 Å². The molecule has 1 aromatic heterocycles. The second-order valence-corrected chi connectivity index (χ2v) is 1.98. The zero-order valence-corrected chi connectivity index (χ0v) is 6.59. The maximum atomic E-state index is 3.67. The standard InChI is InChI=1S/C6H5.C4H4N2/c1-2-4-6-5-3-1;1-2-5-4-6-3-1/h1-5H;1-4H. The zero-order chi connectivity index (χ0) is 8.49. The van der Waals surface area contributed by atoms with Crippen molar-refractivity contribution in [2.24, 2.45) is 0 Å². The lowest BCUT2D eigenvalue weighted by Gasteiger charge is -1.70. The first-order valence-electron chi connectivity index (χ1n) is 3.61. The van der Waals surface area contributed by atoms with E-state index in [0.29, 0.717) is 0 Å². The number of rotatable bonds is 0. The molecule has 0 spiro atoms. The van der Waals surface area contributed by atoms with E-state index in [4.69, 9.17) is 0 Å². The van der Waals surface area contributed by atoms with Crippen LogP contribution in [0.2, 0.25) is 0 Å². The van der Waals surface area contributed by atoms with Gasteiger partial charge in [-0.3, -0.25) is 0 Å². The van der Waals surface area contributed by atoms with Crippen molar-refractivity contribution >= 4 is 0 Å². The van der Waals surface area contributed by atoms with Gasteiger partial charge in [0, 0.05) is 12.4 Å². The molecule has 0 unspecified atom stereocenters. The molecule has 12 heavy (non-hydrogen) atoms. The predicted molar refractivity (Wildman–Crippen MR) is 47.3 cm³/mol. The number of nitrogens with zero attached hydrogens (tertiary/aromatic N) is 2. The highest BCUT2D eigenvalue weighted by Crippen LogP contribution is 1.78. The van der Waals surface area contributed by atoms with E-state index in [-0.39, 0.29) is 0 Å². The summed E-state index contributed by atoms with van der Waals surface area (Å²) in [6.45, 7) is 0. The van der Waals surface area contributed by atoms with E-state index in [1.807, 2.05) is 30.3 Å². The molecule has 0 saturated heterocycles. The first kappa shape index (κ1) is 8.40. The fourth-order valence-electron chi connectivity index (χ4n) is 0.595. The molecule has 0 saturated carbocycles. The topological polar surface area (TPSA) is 25.8 Å². The average molecular weight is 157 g/mol. The highest BCUT2D eigenvalue weighted by molar-refractivity contribution is 4.97. The summed E-state index contributed by atoms with van der Waals surface area (Å²) in [6.07, 6.45) is 4.88. The summed E-state index contributed by atoms with van der Waals surface area (Å²) in [4.78, 5) is 7.35. The molecule has 0 N–H and O–H groups in total. The third kappa shape index (κ3) is 4.17. The molecular formula is C10H9N2. The summed E-state index contributed by atoms with van der Waals surface area (Å²) in [7, 11) is 0. The second-order valence-electron chi connectivity index (χ2n) is 1.98. The smallest absolute Gasteiger partial charge is 0.115 e. The maximum Gasteiger partial charge on any atom is 0.115 e. The number of benzene rings is 1. The Labute approximate surface area is 71.9 Å². The summed E-state index contributed by atoms with van der Waals surface area (Å²) in [5.41, 5.74) is 0. The highest BCUT2D eigenvalue weighted by Gasteiger charge is 1.59. The molecule has 0 aliphatic heterocycles. The van der Waals surface area contributed by atoms with Crippen molar-refractivity contribution in [1.82, 2.24) is 9.97 Å². The fraction of sp³-hybridized carbons (Fsp3) is 0. The van der Waals surface area contributed by atoms with Crippen molar-refractivity contribution in [1.29, 1.82) is 0 Å². The van der Waals surface area contributed by atoms with Gasteiger partial charge in [-0.25, -0.2) is 9.97 Å². The molecule has 2 nitrogen and oxygen atoms in total. The molecule has 2 rings (SSSR count). The summed E-state index contributed by atoms with van der Waals surface area (Å²) in [5.74, 6) is 0. The molecule has 0 fully saturated rings. The lowest BCUT2D eigenvalue weighted by molar-refractivity contribution is 1.17. The zero-order valence-electron chi connectivity index (χ0n) is 6.59. The molecule has 1 aromatic carbocycles. The second kappa shape index (κ2) is 6.04. The number of hydrogen-bond donors (Lipinski definition) is 0. The van der Waals surface area contributed by atoms with Crippen LogP contribution in [-0.2, 0) is 0 Å². The fourth-order valence-corrected chi connectivity index (χ4v) is 0.595. The summed E-state index contributed by atoms with van der Waals surface area (Å²) < 4.78 is 0. The van der Waals surface area contributed by atoms with E-state index in [1.165, 1.54) is 6.33 Å². The van der Waals surface area contributed by atoms with E-state index in [2.05, 4.69) is 16.0 Å². The summed E-state index contributed by atoms with van der Waals surface area (Å²) in [5, 5.41) is 0. The van der Waals surface area contributed by atoms with E-state index in [9.17, 15) is 0 Å². The molecule has 0 bridgehead atoms. The Morgan fingerprint density at radius 2 is 1.42 bits per heavy atom. The molecular weight excluding hydrogens is 148 g/mol. The molecule has 0 aliphatic rings. The van der Waals surface area contributed by atoms with Gasteiger partial charge in [0.2, 0.25) is 0 Å². The molecule has 0 amide bonds. The molecule has 0 aliphatic carbocycles. The van der Waals surface area contributed by atoms with Gasteiger partial charge in [-0.15, -0.1) is 0 Å². The average Bonchev–Trinajstić information content (AvgIpc) is 2.24. The molecule has 2 aromatic rings. The quantitative estimate of drug-likeness (QED) is 0.584. The van der Waals surface area contributed by atoms with Gasteiger partial charge >= 0.3 is 0 Å². The van der Waals surface area contributed by atoms with Crippen LogP contribution >= 0.6 is 0 Å². The van der Waals surface area contributed by atoms with Gasteiger partial charge in [-0.2, -0.15) is 0 Å². The van der Waals surface area contributed by atoms with Gasteiger partial charge in [-0.05, 0) is 12.1 Å². The minimum atomic E-state index is 1.50. The molecule has 1 heterocycles. The van der Waals surface area contributed by atoms with Gasteiger partial charge in [0.15, 0.2) is 0 Å². The minimum Gasteiger partial charge on any atom is -0.245 e. The van der Waals surface area contributed by atoms with Gasteiger partial charge < -0.3 is 0 Å². The summed E-state index contributed by atoms with van der Waals surface area (Å²) >= 11 is 0. The van der Waals surface area contributed by atoms with Gasteiger partial charge in [0.25, 0.3) is 0 Å². The van der Waals surface area contributed by atoms with Crippen molar-refractivity contribution in [3.05, 3.63) is 61.2 Å². The van der Waals surface area contributed by atoms with Crippen molar-refractivity contribution in [3.63, 3.8) is 0 Å². The first-order valence-corrected chi connectivity index (χ1v) is 3.61. The Bertz CT molecular complexity index is 183. The maximum absolute atomic E-state index is 3.67. The van der Waals surface area contributed by atoms with Gasteiger partial charge in [-0.1, -0.05) is 30.3 Å². The Morgan fingerprint density at radius 3 is 1.58 bits per heavy atom. The molecule has 0 atom stereocenters. The van der Waals surface area contributed by atoms with Crippen LogP contribution in [0.3, 0.4) is 0 Å². The monoisotopic (exact) mass is 157 g/mol. The van der Waals surface area contributed by atoms with Crippen LogP contribution < -0.4 is 0 Å². The summed E-state index contributed by atoms with van der Waals surface area (Å²) in [6, 6.07) is 14.3. The third-order valence-corrected chi connectivity index (χ3v) is 1.08. The van der Waals surface area contributed by atoms with Crippen molar-refractivity contribution < 1.29 is 0 Å². The Morgan fingerprint density at radius 1 is 0.750 bits per heavy atom. The Hall–Kier alpha value is -1.70. The van der Waals surface area contributed by atoms with Crippen LogP contribution in [0.5, 0.6) is 0 Å². The molecule has 2 heteroatoms. The van der Waals surface area contributed by atoms with Crippen LogP contribution in [-0.4, -0.2) is 9.97 Å². The number of hydrogen-bond acceptors (Lipinski definition) is 2. The molecule has 1 radical (unpaired) electrons. The first-order chi connectivity index (χ1) is 6.00. The van der Waals surface area contributed by atoms with E-state index in [1.54, 1.807) is 18.5 Å². The van der Waals surface area contributed by atoms with Gasteiger partial charge in [0.05, 0.1) is 0 Å². The van der Waals surface area contributed by atoms with E-state index < -0.39 is 0 Å². The van der Waals surface area contributed by atoms with E-state index >= 15 is 0 Å². The Balaban J connectivity index is 0.000000120. The minimum absolute atomic E-state index is 1.50. The third-order valence-electron chi connectivity index (χ3n) is 1.08. The van der Waals surface area contributed by atoms with Crippen LogP contribution in [0.1, 0.15) is 0 Å². The largest absolute Gasteiger partial charge is 0.245 e. The molecule has 59 valence electrons. The van der Waals surface area contributed by atoms with Gasteiger partial charge in [0.1, 0.15) is 6.33 Å². The normalized spacial score (nSPS) is 8.00. The lowest BCUT2D eigenvalue weighted by atomic mass is 10.4. The number of aromatic nitrogens is 2. The van der Waals surface area contributed by atoms with Crippen LogP contribution in [0.15, 0.2) is 55.1 Å². The Kier molecular flexibility index (Phi) is 4.23. The van der Waals surface area contributed by atoms with Crippen molar-refractivity contribution in [2.45, 2.75) is 0 Å². The van der Waals surface area contributed by atoms with Crippen molar-refractivity contribution in [2.75, 3.05) is 0 Å². The van der Waals surface area contributed by atoms with E-state index in [0.717, 1.165) is 0 Å². The predicted octanol–water partition coefficient (Wildman–Crippen LogP) is 1.96. The lowest BCUT2D eigenvalue weighted by Crippen LogP contribution is -1.66. The van der Waals surface area contributed by atoms with Crippen LogP contribution in [0.4, 0.5) is 0 Å². The SMILES string of the molecule is [c]1ccccc1.c1cncnc1. The van der Waals surface area contributed by atoms with Crippen LogP contribution in [0.25, 0.3) is 0 Å².